The second kappa shape index (κ2) is 7.85. The molecule has 0 aliphatic rings. The second-order valence-corrected chi connectivity index (χ2v) is 5.85. The van der Waals surface area contributed by atoms with Gasteiger partial charge in [-0.05, 0) is 13.8 Å². The first-order valence-electron chi connectivity index (χ1n) is 8.07. The molecule has 0 aliphatic carbocycles. The summed E-state index contributed by atoms with van der Waals surface area (Å²) in [7, 11) is 4.44. The number of aryl methyl sites for hydroxylation is 1. The van der Waals surface area contributed by atoms with Gasteiger partial charge in [0.05, 0.1) is 23.9 Å². The van der Waals surface area contributed by atoms with Gasteiger partial charge in [-0.25, -0.2) is 4.68 Å². The third kappa shape index (κ3) is 3.88. The highest BCUT2D eigenvalue weighted by Gasteiger charge is 2.27. The molecule has 12 nitrogen and oxygen atoms in total. The molecule has 0 spiro atoms. The molecule has 2 aromatic rings. The number of ether oxygens (including phenoxy) is 1. The Morgan fingerprint density at radius 2 is 2.11 bits per heavy atom. The lowest BCUT2D eigenvalue weighted by Gasteiger charge is -2.15. The van der Waals surface area contributed by atoms with Gasteiger partial charge in [-0.3, -0.25) is 24.4 Å². The van der Waals surface area contributed by atoms with Crippen molar-refractivity contribution >= 4 is 23.2 Å². The van der Waals surface area contributed by atoms with Gasteiger partial charge in [-0.1, -0.05) is 0 Å². The Hall–Kier alpha value is -3.44. The molecule has 2 heterocycles. The van der Waals surface area contributed by atoms with Crippen molar-refractivity contribution in [2.45, 2.75) is 26.4 Å². The molecular formula is C15H21N7O5. The summed E-state index contributed by atoms with van der Waals surface area (Å²) >= 11 is 0. The maximum atomic E-state index is 12.6. The molecule has 0 aliphatic heterocycles. The summed E-state index contributed by atoms with van der Waals surface area (Å²) in [5.41, 5.74) is 0.146. The first-order valence-corrected chi connectivity index (χ1v) is 8.07. The van der Waals surface area contributed by atoms with E-state index in [1.54, 1.807) is 14.1 Å². The highest BCUT2D eigenvalue weighted by Crippen LogP contribution is 2.26. The van der Waals surface area contributed by atoms with Crippen molar-refractivity contribution in [1.29, 1.82) is 0 Å². The van der Waals surface area contributed by atoms with Crippen molar-refractivity contribution in [1.82, 2.24) is 24.5 Å². The summed E-state index contributed by atoms with van der Waals surface area (Å²) in [5, 5.41) is 21.7. The van der Waals surface area contributed by atoms with Crippen molar-refractivity contribution in [2.24, 2.45) is 0 Å². The maximum absolute atomic E-state index is 12.6. The van der Waals surface area contributed by atoms with Crippen LogP contribution in [0, 0.1) is 10.1 Å². The van der Waals surface area contributed by atoms with Gasteiger partial charge in [0, 0.05) is 20.6 Å². The Labute approximate surface area is 154 Å². The van der Waals surface area contributed by atoms with Gasteiger partial charge < -0.3 is 15.0 Å². The number of anilines is 1. The van der Waals surface area contributed by atoms with E-state index in [9.17, 15) is 19.7 Å². The van der Waals surface area contributed by atoms with Crippen molar-refractivity contribution < 1.29 is 19.2 Å². The molecule has 1 atom stereocenters. The predicted octanol–water partition coefficient (Wildman–Crippen LogP) is 0.918. The van der Waals surface area contributed by atoms with E-state index in [2.05, 4.69) is 15.5 Å². The number of hydrogen-bond acceptors (Lipinski definition) is 7. The van der Waals surface area contributed by atoms with Crippen LogP contribution in [0.5, 0.6) is 5.88 Å². The summed E-state index contributed by atoms with van der Waals surface area (Å²) in [6, 6.07) is -0.889. The normalized spacial score (nSPS) is 11.7. The second-order valence-electron chi connectivity index (χ2n) is 5.85. The topological polar surface area (TPSA) is 137 Å². The zero-order chi connectivity index (χ0) is 20.3. The minimum atomic E-state index is -0.889. The Balaban J connectivity index is 2.29. The van der Waals surface area contributed by atoms with Gasteiger partial charge in [0.15, 0.2) is 0 Å². The molecule has 2 rings (SSSR count). The van der Waals surface area contributed by atoms with Gasteiger partial charge in [0.2, 0.25) is 5.91 Å². The quantitative estimate of drug-likeness (QED) is 0.557. The van der Waals surface area contributed by atoms with Crippen LogP contribution in [0.2, 0.25) is 0 Å². The Bertz CT molecular complexity index is 870. The zero-order valence-corrected chi connectivity index (χ0v) is 15.7. The molecule has 0 fully saturated rings. The van der Waals surface area contributed by atoms with Crippen LogP contribution in [0.1, 0.15) is 30.4 Å². The third-order valence-electron chi connectivity index (χ3n) is 3.85. The lowest BCUT2D eigenvalue weighted by atomic mass is 10.2. The number of nitro groups is 1. The zero-order valence-electron chi connectivity index (χ0n) is 15.7. The van der Waals surface area contributed by atoms with Gasteiger partial charge in [0.25, 0.3) is 5.91 Å². The number of methoxy groups -OCH3 is 1. The number of nitrogens with one attached hydrogen (secondary N) is 1. The van der Waals surface area contributed by atoms with E-state index in [0.717, 1.165) is 10.9 Å². The van der Waals surface area contributed by atoms with Gasteiger partial charge in [-0.15, -0.1) is 5.10 Å². The highest BCUT2D eigenvalue weighted by atomic mass is 16.6. The third-order valence-corrected chi connectivity index (χ3v) is 3.85. The van der Waals surface area contributed by atoms with Crippen LogP contribution in [-0.4, -0.2) is 62.4 Å². The average Bonchev–Trinajstić information content (AvgIpc) is 3.23. The van der Waals surface area contributed by atoms with Crippen molar-refractivity contribution in [3.63, 3.8) is 0 Å². The van der Waals surface area contributed by atoms with E-state index < -0.39 is 16.9 Å². The van der Waals surface area contributed by atoms with Crippen molar-refractivity contribution in [3.05, 3.63) is 28.2 Å². The molecule has 0 saturated carbocycles. The van der Waals surface area contributed by atoms with Gasteiger partial charge >= 0.3 is 11.6 Å². The molecule has 1 unspecified atom stereocenters. The number of hydrogen-bond donors (Lipinski definition) is 1. The largest absolute Gasteiger partial charge is 0.475 e. The molecule has 0 radical (unpaired) electrons. The monoisotopic (exact) mass is 379 g/mol. The SMILES string of the molecule is CCn1ncc(NC(=O)C(C)n2cc([N+](=O)[O-])c(OC)n2)c1C(=O)N(C)C. The first kappa shape index (κ1) is 19.9. The van der Waals surface area contributed by atoms with Crippen molar-refractivity contribution in [3.8, 4) is 5.88 Å². The van der Waals surface area contributed by atoms with Crippen LogP contribution < -0.4 is 10.1 Å². The smallest absolute Gasteiger partial charge is 0.350 e. The van der Waals surface area contributed by atoms with Crippen LogP contribution >= 0.6 is 0 Å². The number of rotatable bonds is 7. The standard InChI is InChI=1S/C15H21N7O5/c1-6-20-12(15(24)19(3)4)10(7-16-20)17-13(23)9(2)21-8-11(22(25)26)14(18-21)27-5/h7-9H,6H2,1-5H3,(H,17,23). The number of nitrogens with zero attached hydrogens (tertiary/aromatic N) is 6. The summed E-state index contributed by atoms with van der Waals surface area (Å²) in [4.78, 5) is 36.7. The number of aromatic nitrogens is 4. The Kier molecular flexibility index (Phi) is 5.78. The fourth-order valence-electron chi connectivity index (χ4n) is 2.35. The molecule has 0 bridgehead atoms. The lowest BCUT2D eigenvalue weighted by molar-refractivity contribution is -0.385. The molecule has 2 aromatic heterocycles. The van der Waals surface area contributed by atoms with Gasteiger partial charge in [0.1, 0.15) is 17.9 Å². The van der Waals surface area contributed by atoms with E-state index in [-0.39, 0.29) is 28.9 Å². The summed E-state index contributed by atoms with van der Waals surface area (Å²) < 4.78 is 7.47. The van der Waals surface area contributed by atoms with Crippen LogP contribution in [0.4, 0.5) is 11.4 Å². The summed E-state index contributed by atoms with van der Waals surface area (Å²) in [6.45, 7) is 3.79. The van der Waals surface area contributed by atoms with Crippen LogP contribution in [0.3, 0.4) is 0 Å². The van der Waals surface area contributed by atoms with E-state index in [1.807, 2.05) is 6.92 Å². The number of carbonyl (C=O) groups is 2. The van der Waals surface area contributed by atoms with Crippen LogP contribution in [0.15, 0.2) is 12.4 Å². The van der Waals surface area contributed by atoms with E-state index in [0.29, 0.717) is 6.54 Å². The minimum absolute atomic E-state index is 0.193. The average molecular weight is 379 g/mol. The van der Waals surface area contributed by atoms with Crippen LogP contribution in [-0.2, 0) is 11.3 Å². The lowest BCUT2D eigenvalue weighted by Crippen LogP contribution is -2.28. The minimum Gasteiger partial charge on any atom is -0.475 e. The number of carbonyl (C=O) groups excluding carboxylic acids is 2. The molecular weight excluding hydrogens is 358 g/mol. The molecule has 27 heavy (non-hydrogen) atoms. The maximum Gasteiger partial charge on any atom is 0.350 e. The van der Waals surface area contributed by atoms with Crippen LogP contribution in [0.25, 0.3) is 0 Å². The molecule has 146 valence electrons. The molecule has 0 saturated heterocycles. The van der Waals surface area contributed by atoms with E-state index in [1.165, 1.54) is 29.8 Å². The first-order chi connectivity index (χ1) is 12.7. The Morgan fingerprint density at radius 1 is 1.44 bits per heavy atom. The molecule has 1 N–H and O–H groups in total. The number of amides is 2. The predicted molar refractivity (Wildman–Crippen MR) is 94.7 cm³/mol. The fraction of sp³-hybridized carbons (Fsp3) is 0.467. The summed E-state index contributed by atoms with van der Waals surface area (Å²) in [5.74, 6) is -1.02. The van der Waals surface area contributed by atoms with Gasteiger partial charge in [-0.2, -0.15) is 5.10 Å². The Morgan fingerprint density at radius 3 is 2.59 bits per heavy atom. The van der Waals surface area contributed by atoms with E-state index >= 15 is 0 Å². The molecule has 2 amide bonds. The fourth-order valence-corrected chi connectivity index (χ4v) is 2.35. The van der Waals surface area contributed by atoms with Crippen molar-refractivity contribution in [2.75, 3.05) is 26.5 Å². The molecule has 12 heteroatoms. The molecule has 0 aromatic carbocycles. The van der Waals surface area contributed by atoms with E-state index in [4.69, 9.17) is 4.74 Å². The summed E-state index contributed by atoms with van der Waals surface area (Å²) in [6.07, 6.45) is 2.50. The highest BCUT2D eigenvalue weighted by molar-refractivity contribution is 6.03.